The molecule has 2 fully saturated rings. The topological polar surface area (TPSA) is 24.5 Å². The molecule has 0 amide bonds. The molecule has 1 unspecified atom stereocenters. The molecule has 0 radical (unpaired) electrons. The highest BCUT2D eigenvalue weighted by Gasteiger charge is 2.20. The van der Waals surface area contributed by atoms with Gasteiger partial charge in [0.2, 0.25) is 0 Å². The molecule has 104 valence electrons. The van der Waals surface area contributed by atoms with Crippen LogP contribution in [0.2, 0.25) is 0 Å². The van der Waals surface area contributed by atoms with Crippen LogP contribution in [0.15, 0.2) is 18.2 Å². The Morgan fingerprint density at radius 1 is 1.26 bits per heavy atom. The molecule has 0 saturated carbocycles. The van der Waals surface area contributed by atoms with E-state index in [-0.39, 0.29) is 0 Å². The van der Waals surface area contributed by atoms with Crippen LogP contribution < -0.4 is 15.0 Å². The van der Waals surface area contributed by atoms with Crippen molar-refractivity contribution in [3.63, 3.8) is 0 Å². The van der Waals surface area contributed by atoms with Crippen LogP contribution in [-0.4, -0.2) is 32.8 Å². The number of hydrogen-bond donors (Lipinski definition) is 1. The third-order valence-corrected chi connectivity index (χ3v) is 4.36. The Balaban J connectivity index is 1.83. The van der Waals surface area contributed by atoms with Gasteiger partial charge in [-0.2, -0.15) is 0 Å². The lowest BCUT2D eigenvalue weighted by Crippen LogP contribution is -2.26. The van der Waals surface area contributed by atoms with E-state index in [2.05, 4.69) is 28.4 Å². The van der Waals surface area contributed by atoms with E-state index < -0.39 is 0 Å². The van der Waals surface area contributed by atoms with Gasteiger partial charge in [-0.25, -0.2) is 0 Å². The summed E-state index contributed by atoms with van der Waals surface area (Å²) in [5, 5.41) is 3.60. The normalized spacial score (nSPS) is 23.0. The number of nitrogens with one attached hydrogen (secondary N) is 1. The van der Waals surface area contributed by atoms with Gasteiger partial charge in [0.1, 0.15) is 5.75 Å². The molecule has 3 nitrogen and oxygen atoms in total. The number of hydrogen-bond acceptors (Lipinski definition) is 3. The van der Waals surface area contributed by atoms with E-state index in [0.29, 0.717) is 6.04 Å². The molecule has 3 heteroatoms. The lowest BCUT2D eigenvalue weighted by atomic mass is 10.0. The minimum atomic E-state index is 0.647. The van der Waals surface area contributed by atoms with Crippen LogP contribution in [0, 0.1) is 0 Å². The summed E-state index contributed by atoms with van der Waals surface area (Å²) in [6.07, 6.45) is 6.40. The Morgan fingerprint density at radius 2 is 2.11 bits per heavy atom. The van der Waals surface area contributed by atoms with Crippen molar-refractivity contribution in [2.75, 3.05) is 31.6 Å². The fourth-order valence-corrected chi connectivity index (χ4v) is 3.32. The zero-order valence-corrected chi connectivity index (χ0v) is 11.8. The third-order valence-electron chi connectivity index (χ3n) is 4.36. The van der Waals surface area contributed by atoms with E-state index in [1.54, 1.807) is 7.11 Å². The van der Waals surface area contributed by atoms with Crippen LogP contribution >= 0.6 is 0 Å². The molecule has 3 rings (SSSR count). The second-order valence-electron chi connectivity index (χ2n) is 5.69. The van der Waals surface area contributed by atoms with Gasteiger partial charge in [-0.15, -0.1) is 0 Å². The summed E-state index contributed by atoms with van der Waals surface area (Å²) in [5.74, 6) is 0.982. The predicted molar refractivity (Wildman–Crippen MR) is 79.2 cm³/mol. The molecule has 1 N–H and O–H groups in total. The highest BCUT2D eigenvalue weighted by atomic mass is 16.5. The molecule has 1 aromatic carbocycles. The molecule has 2 heterocycles. The summed E-state index contributed by atoms with van der Waals surface area (Å²) in [6.45, 7) is 3.59. The van der Waals surface area contributed by atoms with E-state index in [0.717, 1.165) is 12.2 Å². The van der Waals surface area contributed by atoms with Gasteiger partial charge in [-0.1, -0.05) is 0 Å². The minimum Gasteiger partial charge on any atom is -0.497 e. The average molecular weight is 260 g/mol. The Kier molecular flexibility index (Phi) is 3.92. The van der Waals surface area contributed by atoms with Gasteiger partial charge < -0.3 is 15.0 Å². The maximum absolute atomic E-state index is 5.40. The monoisotopic (exact) mass is 260 g/mol. The van der Waals surface area contributed by atoms with Crippen molar-refractivity contribution in [1.29, 1.82) is 0 Å². The number of benzene rings is 1. The molecule has 2 saturated heterocycles. The molecule has 1 atom stereocenters. The Hall–Kier alpha value is -1.22. The summed E-state index contributed by atoms with van der Waals surface area (Å²) in [6, 6.07) is 7.22. The standard InChI is InChI=1S/C16H24N2O/c1-19-15-6-7-16(18-9-2-3-10-18)13(12-15)11-14-5-4-8-17-14/h6-7,12,14,17H,2-5,8-11H2,1H3. The number of nitrogens with zero attached hydrogens (tertiary/aromatic N) is 1. The highest BCUT2D eigenvalue weighted by molar-refractivity contribution is 5.57. The van der Waals surface area contributed by atoms with E-state index in [1.165, 1.54) is 56.6 Å². The van der Waals surface area contributed by atoms with Gasteiger partial charge in [0, 0.05) is 24.8 Å². The molecule has 1 aromatic rings. The first-order valence-corrected chi connectivity index (χ1v) is 7.52. The largest absolute Gasteiger partial charge is 0.497 e. The van der Waals surface area contributed by atoms with Crippen molar-refractivity contribution in [2.24, 2.45) is 0 Å². The van der Waals surface area contributed by atoms with Crippen LogP contribution in [0.5, 0.6) is 5.75 Å². The number of rotatable bonds is 4. The first-order valence-electron chi connectivity index (χ1n) is 7.52. The molecule has 19 heavy (non-hydrogen) atoms. The maximum atomic E-state index is 5.40. The highest BCUT2D eigenvalue weighted by Crippen LogP contribution is 2.30. The number of methoxy groups -OCH3 is 1. The molecular formula is C16H24N2O. The zero-order chi connectivity index (χ0) is 13.1. The van der Waals surface area contributed by atoms with E-state index in [1.807, 2.05) is 0 Å². The zero-order valence-electron chi connectivity index (χ0n) is 11.8. The summed E-state index contributed by atoms with van der Waals surface area (Å²) in [7, 11) is 1.75. The van der Waals surface area contributed by atoms with Crippen LogP contribution in [0.3, 0.4) is 0 Å². The van der Waals surface area contributed by atoms with E-state index in [9.17, 15) is 0 Å². The molecule has 0 spiro atoms. The average Bonchev–Trinajstić information content (AvgIpc) is 3.11. The van der Waals surface area contributed by atoms with E-state index >= 15 is 0 Å². The van der Waals surface area contributed by atoms with Crippen molar-refractivity contribution in [3.8, 4) is 5.75 Å². The maximum Gasteiger partial charge on any atom is 0.119 e. The van der Waals surface area contributed by atoms with E-state index in [4.69, 9.17) is 4.74 Å². The molecule has 0 aliphatic carbocycles. The molecular weight excluding hydrogens is 236 g/mol. The first kappa shape index (κ1) is 12.8. The lowest BCUT2D eigenvalue weighted by Gasteiger charge is -2.23. The molecule has 2 aliphatic rings. The van der Waals surface area contributed by atoms with Gasteiger partial charge in [0.05, 0.1) is 7.11 Å². The van der Waals surface area contributed by atoms with Gasteiger partial charge in [-0.3, -0.25) is 0 Å². The summed E-state index contributed by atoms with van der Waals surface area (Å²) >= 11 is 0. The summed E-state index contributed by atoms with van der Waals surface area (Å²) in [4.78, 5) is 2.53. The van der Waals surface area contributed by atoms with Crippen LogP contribution in [0.25, 0.3) is 0 Å². The summed E-state index contributed by atoms with van der Waals surface area (Å²) < 4.78 is 5.40. The first-order chi connectivity index (χ1) is 9.36. The second-order valence-corrected chi connectivity index (χ2v) is 5.69. The minimum absolute atomic E-state index is 0.647. The van der Waals surface area contributed by atoms with Crippen molar-refractivity contribution in [3.05, 3.63) is 23.8 Å². The van der Waals surface area contributed by atoms with Gasteiger partial charge in [0.15, 0.2) is 0 Å². The second kappa shape index (κ2) is 5.83. The van der Waals surface area contributed by atoms with Crippen molar-refractivity contribution >= 4 is 5.69 Å². The van der Waals surface area contributed by atoms with Gasteiger partial charge in [-0.05, 0) is 62.4 Å². The quantitative estimate of drug-likeness (QED) is 0.900. The van der Waals surface area contributed by atoms with Crippen LogP contribution in [-0.2, 0) is 6.42 Å². The fraction of sp³-hybridized carbons (Fsp3) is 0.625. The fourth-order valence-electron chi connectivity index (χ4n) is 3.32. The number of ether oxygens (including phenoxy) is 1. The SMILES string of the molecule is COc1ccc(N2CCCC2)c(CC2CCCN2)c1. The molecule has 2 aliphatic heterocycles. The Morgan fingerprint density at radius 3 is 2.79 bits per heavy atom. The lowest BCUT2D eigenvalue weighted by molar-refractivity contribution is 0.414. The predicted octanol–water partition coefficient (Wildman–Crippen LogP) is 2.59. The van der Waals surface area contributed by atoms with Gasteiger partial charge in [0.25, 0.3) is 0 Å². The Labute approximate surface area is 115 Å². The molecule has 0 aromatic heterocycles. The molecule has 0 bridgehead atoms. The van der Waals surface area contributed by atoms with Crippen molar-refractivity contribution in [1.82, 2.24) is 5.32 Å². The van der Waals surface area contributed by atoms with Crippen molar-refractivity contribution in [2.45, 2.75) is 38.1 Å². The van der Waals surface area contributed by atoms with Crippen LogP contribution in [0.1, 0.15) is 31.2 Å². The van der Waals surface area contributed by atoms with Crippen molar-refractivity contribution < 1.29 is 4.74 Å². The Bertz CT molecular complexity index is 421. The summed E-state index contributed by atoms with van der Waals surface area (Å²) in [5.41, 5.74) is 2.87. The van der Waals surface area contributed by atoms with Crippen LogP contribution in [0.4, 0.5) is 5.69 Å². The third kappa shape index (κ3) is 2.86. The number of anilines is 1. The smallest absolute Gasteiger partial charge is 0.119 e. The van der Waals surface area contributed by atoms with Gasteiger partial charge >= 0.3 is 0 Å².